The summed E-state index contributed by atoms with van der Waals surface area (Å²) in [6.45, 7) is 6.65. The Kier molecular flexibility index (Phi) is 5.73. The molecule has 2 N–H and O–H groups in total. The Morgan fingerprint density at radius 2 is 1.86 bits per heavy atom. The van der Waals surface area contributed by atoms with Gasteiger partial charge >= 0.3 is 0 Å². The SMILES string of the molecule is CC(C)=CCCC(C)=CCOc1ccc2oc3cc(O)cc(O)c3c(=O)c2c1. The molecule has 5 nitrogen and oxygen atoms in total. The average Bonchev–Trinajstić information content (AvgIpc) is 2.61. The van der Waals surface area contributed by atoms with Gasteiger partial charge in [0.15, 0.2) is 0 Å². The van der Waals surface area contributed by atoms with E-state index in [9.17, 15) is 15.0 Å². The van der Waals surface area contributed by atoms with Crippen molar-refractivity contribution >= 4 is 21.9 Å². The first-order valence-corrected chi connectivity index (χ1v) is 9.19. The van der Waals surface area contributed by atoms with Gasteiger partial charge in [-0.05, 0) is 57.9 Å². The Morgan fingerprint density at radius 3 is 2.61 bits per heavy atom. The number of benzene rings is 2. The van der Waals surface area contributed by atoms with E-state index >= 15 is 0 Å². The minimum atomic E-state index is -0.368. The highest BCUT2D eigenvalue weighted by Gasteiger charge is 2.13. The Hall–Kier alpha value is -3.21. The number of phenols is 2. The summed E-state index contributed by atoms with van der Waals surface area (Å²) < 4.78 is 11.4. The monoisotopic (exact) mass is 380 g/mol. The van der Waals surface area contributed by atoms with Crippen LogP contribution in [0.1, 0.15) is 33.6 Å². The smallest absolute Gasteiger partial charge is 0.204 e. The van der Waals surface area contributed by atoms with E-state index in [1.54, 1.807) is 18.2 Å². The van der Waals surface area contributed by atoms with Gasteiger partial charge < -0.3 is 19.4 Å². The molecule has 0 saturated carbocycles. The van der Waals surface area contributed by atoms with Crippen LogP contribution in [0.3, 0.4) is 0 Å². The molecule has 28 heavy (non-hydrogen) atoms. The van der Waals surface area contributed by atoms with Gasteiger partial charge in [-0.25, -0.2) is 0 Å². The first-order valence-electron chi connectivity index (χ1n) is 9.19. The van der Waals surface area contributed by atoms with Crippen LogP contribution in [0.25, 0.3) is 21.9 Å². The lowest BCUT2D eigenvalue weighted by Crippen LogP contribution is -2.03. The molecule has 0 saturated heterocycles. The standard InChI is InChI=1S/C23H24O5/c1-14(2)5-4-6-15(3)9-10-27-17-7-8-20-18(13-17)23(26)22-19(25)11-16(24)12-21(22)28-20/h5,7-9,11-13,24-25H,4,6,10H2,1-3H3. The van der Waals surface area contributed by atoms with E-state index in [1.165, 1.54) is 17.2 Å². The van der Waals surface area contributed by atoms with Crippen LogP contribution >= 0.6 is 0 Å². The fraction of sp³-hybridized carbons (Fsp3) is 0.261. The van der Waals surface area contributed by atoms with Crippen molar-refractivity contribution in [2.75, 3.05) is 6.61 Å². The van der Waals surface area contributed by atoms with Gasteiger partial charge in [0, 0.05) is 12.1 Å². The molecule has 0 amide bonds. The molecular formula is C23H24O5. The number of hydrogen-bond acceptors (Lipinski definition) is 5. The van der Waals surface area contributed by atoms with Crippen LogP contribution in [0.4, 0.5) is 0 Å². The Labute approximate surface area is 163 Å². The third-order valence-electron chi connectivity index (χ3n) is 4.48. The maximum Gasteiger partial charge on any atom is 0.204 e. The third-order valence-corrected chi connectivity index (χ3v) is 4.48. The molecule has 1 heterocycles. The molecule has 0 atom stereocenters. The highest BCUT2D eigenvalue weighted by molar-refractivity contribution is 5.94. The first kappa shape index (κ1) is 19.5. The highest BCUT2D eigenvalue weighted by atomic mass is 16.5. The minimum Gasteiger partial charge on any atom is -0.508 e. The molecule has 0 spiro atoms. The molecule has 0 unspecified atom stereocenters. The van der Waals surface area contributed by atoms with E-state index < -0.39 is 0 Å². The second-order valence-corrected chi connectivity index (χ2v) is 7.11. The molecule has 0 aliphatic heterocycles. The van der Waals surface area contributed by atoms with Crippen LogP contribution < -0.4 is 10.2 Å². The number of allylic oxidation sites excluding steroid dienone is 3. The Bertz CT molecular complexity index is 1130. The largest absolute Gasteiger partial charge is 0.508 e. The normalized spacial score (nSPS) is 11.8. The molecule has 0 aliphatic rings. The van der Waals surface area contributed by atoms with Crippen LogP contribution in [0.5, 0.6) is 17.2 Å². The highest BCUT2D eigenvalue weighted by Crippen LogP contribution is 2.30. The fourth-order valence-electron chi connectivity index (χ4n) is 2.98. The number of ether oxygens (including phenoxy) is 1. The molecule has 3 aromatic rings. The number of hydrogen-bond donors (Lipinski definition) is 2. The maximum atomic E-state index is 12.8. The van der Waals surface area contributed by atoms with E-state index in [2.05, 4.69) is 26.8 Å². The maximum absolute atomic E-state index is 12.8. The van der Waals surface area contributed by atoms with Gasteiger partial charge in [0.05, 0.1) is 5.39 Å². The zero-order chi connectivity index (χ0) is 20.3. The number of rotatable bonds is 6. The van der Waals surface area contributed by atoms with Crippen molar-refractivity contribution in [1.29, 1.82) is 0 Å². The quantitative estimate of drug-likeness (QED) is 0.440. The zero-order valence-electron chi connectivity index (χ0n) is 16.3. The summed E-state index contributed by atoms with van der Waals surface area (Å²) in [7, 11) is 0. The lowest BCUT2D eigenvalue weighted by atomic mass is 10.1. The van der Waals surface area contributed by atoms with Crippen LogP contribution in [0.15, 0.2) is 62.8 Å². The molecule has 5 heteroatoms. The summed E-state index contributed by atoms with van der Waals surface area (Å²) in [6, 6.07) is 7.42. The van der Waals surface area contributed by atoms with Crippen molar-refractivity contribution in [3.05, 3.63) is 63.9 Å². The summed E-state index contributed by atoms with van der Waals surface area (Å²) in [5.74, 6) is 0.0665. The summed E-state index contributed by atoms with van der Waals surface area (Å²) >= 11 is 0. The van der Waals surface area contributed by atoms with E-state index in [0.717, 1.165) is 18.9 Å². The summed E-state index contributed by atoms with van der Waals surface area (Å²) in [6.07, 6.45) is 6.22. The molecule has 146 valence electrons. The molecular weight excluding hydrogens is 356 g/mol. The van der Waals surface area contributed by atoms with Crippen LogP contribution in [-0.4, -0.2) is 16.8 Å². The van der Waals surface area contributed by atoms with Crippen molar-refractivity contribution in [3.63, 3.8) is 0 Å². The summed E-state index contributed by atoms with van der Waals surface area (Å²) in [5, 5.41) is 20.0. The number of fused-ring (bicyclic) bond motifs is 2. The van der Waals surface area contributed by atoms with Gasteiger partial charge in [0.2, 0.25) is 5.43 Å². The third kappa shape index (κ3) is 4.36. The molecule has 0 bridgehead atoms. The van der Waals surface area contributed by atoms with Crippen LogP contribution in [0, 0.1) is 0 Å². The first-order chi connectivity index (χ1) is 13.3. The van der Waals surface area contributed by atoms with E-state index in [1.807, 2.05) is 6.08 Å². The summed E-state index contributed by atoms with van der Waals surface area (Å²) in [5.41, 5.74) is 2.69. The van der Waals surface area contributed by atoms with E-state index in [-0.39, 0.29) is 27.9 Å². The predicted molar refractivity (Wildman–Crippen MR) is 111 cm³/mol. The minimum absolute atomic E-state index is 0.0393. The molecule has 1 aromatic heterocycles. The van der Waals surface area contributed by atoms with Crippen molar-refractivity contribution in [1.82, 2.24) is 0 Å². The van der Waals surface area contributed by atoms with Gasteiger partial charge in [-0.1, -0.05) is 17.2 Å². The second-order valence-electron chi connectivity index (χ2n) is 7.11. The number of phenolic OH excluding ortho intramolecular Hbond substituents is 2. The molecule has 0 aliphatic carbocycles. The van der Waals surface area contributed by atoms with Crippen molar-refractivity contribution in [2.45, 2.75) is 33.6 Å². The van der Waals surface area contributed by atoms with E-state index in [0.29, 0.717) is 23.3 Å². The topological polar surface area (TPSA) is 79.9 Å². The van der Waals surface area contributed by atoms with Crippen LogP contribution in [-0.2, 0) is 0 Å². The van der Waals surface area contributed by atoms with Crippen LogP contribution in [0.2, 0.25) is 0 Å². The van der Waals surface area contributed by atoms with E-state index in [4.69, 9.17) is 9.15 Å². The zero-order valence-corrected chi connectivity index (χ0v) is 16.3. The summed E-state index contributed by atoms with van der Waals surface area (Å²) in [4.78, 5) is 12.8. The lowest BCUT2D eigenvalue weighted by Gasteiger charge is -2.07. The molecule has 3 rings (SSSR count). The Balaban J connectivity index is 1.82. The van der Waals surface area contributed by atoms with Gasteiger partial charge in [0.1, 0.15) is 40.4 Å². The molecule has 2 aromatic carbocycles. The second kappa shape index (κ2) is 8.21. The average molecular weight is 380 g/mol. The van der Waals surface area contributed by atoms with Crippen molar-refractivity contribution in [3.8, 4) is 17.2 Å². The van der Waals surface area contributed by atoms with Crippen molar-refractivity contribution < 1.29 is 19.4 Å². The van der Waals surface area contributed by atoms with Gasteiger partial charge in [0.25, 0.3) is 0 Å². The molecule has 0 fully saturated rings. The fourth-order valence-corrected chi connectivity index (χ4v) is 2.98. The van der Waals surface area contributed by atoms with Gasteiger partial charge in [-0.2, -0.15) is 0 Å². The lowest BCUT2D eigenvalue weighted by molar-refractivity contribution is 0.362. The number of aromatic hydroxyl groups is 2. The molecule has 0 radical (unpaired) electrons. The Morgan fingerprint density at radius 1 is 1.07 bits per heavy atom. The predicted octanol–water partition coefficient (Wildman–Crippen LogP) is 5.43. The van der Waals surface area contributed by atoms with Crippen molar-refractivity contribution in [2.24, 2.45) is 0 Å². The van der Waals surface area contributed by atoms with Gasteiger partial charge in [-0.3, -0.25) is 4.79 Å². The van der Waals surface area contributed by atoms with Gasteiger partial charge in [-0.15, -0.1) is 0 Å².